The number of unbranched alkanes of at least 4 members (excludes halogenated alkanes) is 32. The average molecular weight is 1310 g/mol. The van der Waals surface area contributed by atoms with Crippen LogP contribution in [0.1, 0.15) is 264 Å². The van der Waals surface area contributed by atoms with Crippen molar-refractivity contribution in [3.8, 4) is 0 Å². The summed E-state index contributed by atoms with van der Waals surface area (Å²) in [6.07, 6.45) is 40.4. The maximum absolute atomic E-state index is 13.4. The van der Waals surface area contributed by atoms with Crippen LogP contribution in [0.3, 0.4) is 0 Å². The number of hydrogen-bond donors (Lipinski definition) is 12. The minimum absolute atomic E-state index is 0.239. The van der Waals surface area contributed by atoms with E-state index in [9.17, 15) is 61.0 Å². The Labute approximate surface area is 554 Å². The van der Waals surface area contributed by atoms with E-state index >= 15 is 0 Å². The molecule has 3 heterocycles. The highest BCUT2D eigenvalue weighted by atomic mass is 16.8. The average Bonchev–Trinajstić information content (AvgIpc) is 0.837. The van der Waals surface area contributed by atoms with Crippen LogP contribution in [-0.2, 0) is 33.2 Å². The molecule has 3 fully saturated rings. The van der Waals surface area contributed by atoms with Gasteiger partial charge in [-0.2, -0.15) is 0 Å². The predicted molar refractivity (Wildman–Crippen MR) is 360 cm³/mol. The van der Waals surface area contributed by atoms with Crippen LogP contribution in [-0.4, -0.2) is 193 Å². The van der Waals surface area contributed by atoms with Crippen molar-refractivity contribution < 1.29 is 89.4 Å². The second-order valence-electron chi connectivity index (χ2n) is 26.0. The van der Waals surface area contributed by atoms with Crippen molar-refractivity contribution in [2.75, 3.05) is 26.4 Å². The van der Waals surface area contributed by atoms with E-state index in [4.69, 9.17) is 28.4 Å². The molecule has 0 aromatic carbocycles. The van der Waals surface area contributed by atoms with Crippen LogP contribution in [0.25, 0.3) is 0 Å². The minimum Gasteiger partial charge on any atom is -0.394 e. The summed E-state index contributed by atoms with van der Waals surface area (Å²) in [6.45, 7) is 1.64. The first-order valence-corrected chi connectivity index (χ1v) is 36.5. The molecule has 3 rings (SSSR count). The predicted octanol–water partition coefficient (Wildman–Crippen LogP) is 10.3. The van der Waals surface area contributed by atoms with Crippen molar-refractivity contribution in [3.05, 3.63) is 60.8 Å². The molecule has 3 aliphatic heterocycles. The number of nitrogens with one attached hydrogen (secondary N) is 1. The topological polar surface area (TPSA) is 307 Å². The fourth-order valence-corrected chi connectivity index (χ4v) is 12.2. The van der Waals surface area contributed by atoms with Crippen LogP contribution in [0.15, 0.2) is 60.8 Å². The van der Waals surface area contributed by atoms with Gasteiger partial charge in [0.1, 0.15) is 73.2 Å². The molecule has 0 spiro atoms. The SMILES string of the molecule is CC/C=C\C/C=C\C/C=C\C/C=C\CCCCCCCCCCCCCCC(=O)NC(COC1OC(CO)C(OC2OC(CO)C(OC3OC(CO)C(O)C(O)C3O)C(O)C2O)C(O)C1O)C(O)/C=C/CCCCCCCCCCCCCCCCCCCCCC. The van der Waals surface area contributed by atoms with Crippen molar-refractivity contribution in [2.24, 2.45) is 0 Å². The lowest BCUT2D eigenvalue weighted by Gasteiger charge is -2.48. The number of amides is 1. The number of rotatable bonds is 56. The second kappa shape index (κ2) is 54.5. The standard InChI is InChI=1S/C73H131NO18/c1-3-5-7-9-11-13-15-17-19-21-23-25-27-28-29-31-33-35-37-39-41-43-45-47-49-51-61(79)74-56(57(78)50-48-46-44-42-40-38-36-34-32-30-26-24-22-20-18-16-14-12-10-8-6-4-2)55-87-71-67(85)64(82)69(59(53-76)89-71)92-73-68(86)65(83)70(60(54-77)90-73)91-72-66(84)63(81)62(80)58(52-75)88-72/h5,7,11,13,17,19,23,25,48,50,56-60,62-73,75-78,80-86H,3-4,6,8-10,12,14-16,18,20-22,24,26-47,49,51-55H2,1-2H3,(H,74,79)/b7-5-,13-11-,19-17-,25-23-,50-48+. The molecule has 0 aliphatic carbocycles. The van der Waals surface area contributed by atoms with Gasteiger partial charge in [-0.15, -0.1) is 0 Å². The van der Waals surface area contributed by atoms with E-state index in [0.717, 1.165) is 77.0 Å². The molecule has 3 saturated heterocycles. The van der Waals surface area contributed by atoms with Gasteiger partial charge in [0.15, 0.2) is 18.9 Å². The Morgan fingerprint density at radius 1 is 0.402 bits per heavy atom. The number of hydrogen-bond acceptors (Lipinski definition) is 18. The molecule has 1 amide bonds. The van der Waals surface area contributed by atoms with E-state index in [1.807, 2.05) is 6.08 Å². The molecule has 17 unspecified atom stereocenters. The van der Waals surface area contributed by atoms with Gasteiger partial charge in [0.25, 0.3) is 0 Å². The molecule has 17 atom stereocenters. The maximum atomic E-state index is 13.4. The molecular weight excluding hydrogens is 1180 g/mol. The summed E-state index contributed by atoms with van der Waals surface area (Å²) >= 11 is 0. The van der Waals surface area contributed by atoms with Crippen molar-refractivity contribution >= 4 is 5.91 Å². The minimum atomic E-state index is -1.98. The quantitative estimate of drug-likeness (QED) is 0.0199. The fourth-order valence-electron chi connectivity index (χ4n) is 12.2. The summed E-state index contributed by atoms with van der Waals surface area (Å²) in [5, 5.41) is 121. The first kappa shape index (κ1) is 83.7. The Morgan fingerprint density at radius 3 is 1.17 bits per heavy atom. The van der Waals surface area contributed by atoms with Crippen molar-refractivity contribution in [1.82, 2.24) is 5.32 Å². The Hall–Kier alpha value is -2.51. The van der Waals surface area contributed by atoms with Gasteiger partial charge in [-0.3, -0.25) is 4.79 Å². The van der Waals surface area contributed by atoms with Gasteiger partial charge in [-0.05, 0) is 57.8 Å². The summed E-state index contributed by atoms with van der Waals surface area (Å²) in [4.78, 5) is 13.4. The van der Waals surface area contributed by atoms with E-state index in [0.29, 0.717) is 6.42 Å². The number of carbonyl (C=O) groups is 1. The summed E-state index contributed by atoms with van der Waals surface area (Å²) in [7, 11) is 0. The summed E-state index contributed by atoms with van der Waals surface area (Å²) in [5.41, 5.74) is 0. The highest BCUT2D eigenvalue weighted by molar-refractivity contribution is 5.76. The van der Waals surface area contributed by atoms with Gasteiger partial charge in [-0.1, -0.05) is 261 Å². The highest BCUT2D eigenvalue weighted by Crippen LogP contribution is 2.33. The third-order valence-corrected chi connectivity index (χ3v) is 18.1. The molecule has 12 N–H and O–H groups in total. The van der Waals surface area contributed by atoms with E-state index in [-0.39, 0.29) is 18.9 Å². The number of aliphatic hydroxyl groups excluding tert-OH is 11. The van der Waals surface area contributed by atoms with E-state index in [2.05, 4.69) is 67.8 Å². The third kappa shape index (κ3) is 35.7. The molecule has 19 heteroatoms. The van der Waals surface area contributed by atoms with Crippen LogP contribution in [0.4, 0.5) is 0 Å². The molecule has 536 valence electrons. The van der Waals surface area contributed by atoms with Crippen LogP contribution in [0.5, 0.6) is 0 Å². The van der Waals surface area contributed by atoms with Crippen LogP contribution < -0.4 is 5.32 Å². The number of carbonyl (C=O) groups excluding carboxylic acids is 1. The molecule has 0 bridgehead atoms. The van der Waals surface area contributed by atoms with E-state index < -0.39 is 124 Å². The van der Waals surface area contributed by atoms with E-state index in [1.54, 1.807) is 6.08 Å². The lowest BCUT2D eigenvalue weighted by Crippen LogP contribution is -2.66. The Morgan fingerprint density at radius 2 is 0.750 bits per heavy atom. The van der Waals surface area contributed by atoms with Gasteiger partial charge in [-0.25, -0.2) is 0 Å². The van der Waals surface area contributed by atoms with Crippen LogP contribution in [0.2, 0.25) is 0 Å². The summed E-state index contributed by atoms with van der Waals surface area (Å²) in [5.74, 6) is -0.277. The lowest BCUT2D eigenvalue weighted by atomic mass is 9.96. The molecule has 0 radical (unpaired) electrons. The van der Waals surface area contributed by atoms with Crippen molar-refractivity contribution in [1.29, 1.82) is 0 Å². The van der Waals surface area contributed by atoms with Gasteiger partial charge in [0.05, 0.1) is 38.6 Å². The largest absolute Gasteiger partial charge is 0.394 e. The normalized spacial score (nSPS) is 28.0. The van der Waals surface area contributed by atoms with Crippen LogP contribution in [0, 0.1) is 0 Å². The smallest absolute Gasteiger partial charge is 0.220 e. The zero-order valence-electron chi connectivity index (χ0n) is 56.8. The number of aliphatic hydroxyl groups is 11. The first-order chi connectivity index (χ1) is 44.8. The first-order valence-electron chi connectivity index (χ1n) is 36.5. The van der Waals surface area contributed by atoms with E-state index in [1.165, 1.54) is 161 Å². The maximum Gasteiger partial charge on any atom is 0.220 e. The number of allylic oxidation sites excluding steroid dienone is 9. The number of ether oxygens (including phenoxy) is 6. The molecule has 19 nitrogen and oxygen atoms in total. The third-order valence-electron chi connectivity index (χ3n) is 18.1. The van der Waals surface area contributed by atoms with Crippen molar-refractivity contribution in [3.63, 3.8) is 0 Å². The zero-order chi connectivity index (χ0) is 66.8. The Bertz CT molecular complexity index is 1900. The molecule has 92 heavy (non-hydrogen) atoms. The summed E-state index contributed by atoms with van der Waals surface area (Å²) in [6, 6.07) is -0.977. The van der Waals surface area contributed by atoms with Gasteiger partial charge in [0, 0.05) is 6.42 Å². The highest BCUT2D eigenvalue weighted by Gasteiger charge is 2.53. The molecule has 0 aromatic rings. The fraction of sp³-hybridized carbons (Fsp3) is 0.849. The van der Waals surface area contributed by atoms with Gasteiger partial charge in [0.2, 0.25) is 5.91 Å². The molecule has 0 saturated carbocycles. The van der Waals surface area contributed by atoms with Gasteiger partial charge < -0.3 is 89.9 Å². The van der Waals surface area contributed by atoms with Gasteiger partial charge >= 0.3 is 0 Å². The molecular formula is C73H131NO18. The van der Waals surface area contributed by atoms with Crippen molar-refractivity contribution in [2.45, 2.75) is 369 Å². The molecule has 3 aliphatic rings. The zero-order valence-corrected chi connectivity index (χ0v) is 56.8. The lowest BCUT2D eigenvalue weighted by molar-refractivity contribution is -0.379. The molecule has 0 aromatic heterocycles. The monoisotopic (exact) mass is 1310 g/mol. The Balaban J connectivity index is 1.42. The summed E-state index contributed by atoms with van der Waals surface area (Å²) < 4.78 is 34.4. The Kier molecular flexibility index (Phi) is 49.6. The van der Waals surface area contributed by atoms with Crippen LogP contribution >= 0.6 is 0 Å². The second-order valence-corrected chi connectivity index (χ2v) is 26.0.